The first-order chi connectivity index (χ1) is 11.4. The van der Waals surface area contributed by atoms with Crippen LogP contribution in [0.15, 0.2) is 24.4 Å². The second-order valence-corrected chi connectivity index (χ2v) is 8.93. The summed E-state index contributed by atoms with van der Waals surface area (Å²) >= 11 is 6.02. The molecule has 2 aliphatic rings. The molecular weight excluding hydrogens is 352 g/mol. The molecule has 2 saturated heterocycles. The predicted octanol–water partition coefficient (Wildman–Crippen LogP) is -0.276. The Morgan fingerprint density at radius 3 is 2.58 bits per heavy atom. The number of pyridine rings is 1. The zero-order valence-corrected chi connectivity index (χ0v) is 14.8. The molecule has 0 bridgehead atoms. The minimum absolute atomic E-state index is 0.0672. The average molecular weight is 373 g/mol. The molecule has 0 saturated carbocycles. The summed E-state index contributed by atoms with van der Waals surface area (Å²) in [6.07, 6.45) is 1.77. The maximum absolute atomic E-state index is 12.1. The fourth-order valence-corrected chi connectivity index (χ4v) is 5.62. The lowest BCUT2D eigenvalue weighted by Crippen LogP contribution is -2.51. The average Bonchev–Trinajstić information content (AvgIpc) is 2.80. The molecule has 132 valence electrons. The summed E-state index contributed by atoms with van der Waals surface area (Å²) in [4.78, 5) is 20.7. The van der Waals surface area contributed by atoms with E-state index in [1.807, 2.05) is 18.2 Å². The van der Waals surface area contributed by atoms with E-state index in [0.717, 1.165) is 32.0 Å². The Hall–Kier alpha value is -1.38. The van der Waals surface area contributed by atoms with Crippen molar-refractivity contribution in [2.75, 3.05) is 49.1 Å². The number of nitrogens with zero attached hydrogens (tertiary/aromatic N) is 3. The summed E-state index contributed by atoms with van der Waals surface area (Å²) in [5.74, 6) is 0.639. The monoisotopic (exact) mass is 372 g/mol. The van der Waals surface area contributed by atoms with Gasteiger partial charge in [0.1, 0.15) is 5.82 Å². The number of rotatable bonds is 4. The van der Waals surface area contributed by atoms with Crippen LogP contribution in [0.2, 0.25) is 0 Å². The highest BCUT2D eigenvalue weighted by Crippen LogP contribution is 2.18. The number of nitrogens with one attached hydrogen (secondary N) is 1. The highest BCUT2D eigenvalue weighted by molar-refractivity contribution is 7.91. The molecule has 0 unspecified atom stereocenters. The molecule has 0 aromatic carbocycles. The maximum Gasteiger partial charge on any atom is 0.234 e. The summed E-state index contributed by atoms with van der Waals surface area (Å²) in [5, 5.41) is 2.22. The number of anilines is 1. The highest BCUT2D eigenvalue weighted by Gasteiger charge is 2.37. The number of alkyl halides is 1. The van der Waals surface area contributed by atoms with Crippen LogP contribution in [0.4, 0.5) is 5.82 Å². The molecule has 3 heterocycles. The third kappa shape index (κ3) is 4.37. The highest BCUT2D eigenvalue weighted by atomic mass is 35.5. The molecule has 7 nitrogen and oxygen atoms in total. The van der Waals surface area contributed by atoms with Gasteiger partial charge in [-0.3, -0.25) is 9.69 Å². The van der Waals surface area contributed by atoms with Crippen LogP contribution in [0.25, 0.3) is 0 Å². The lowest BCUT2D eigenvalue weighted by atomic mass is 10.2. The maximum atomic E-state index is 12.1. The number of hydrogen-bond acceptors (Lipinski definition) is 6. The zero-order chi connectivity index (χ0) is 17.2. The third-order valence-electron chi connectivity index (χ3n) is 4.34. The van der Waals surface area contributed by atoms with Gasteiger partial charge in [-0.15, -0.1) is 11.6 Å². The van der Waals surface area contributed by atoms with E-state index in [1.54, 1.807) is 6.20 Å². The van der Waals surface area contributed by atoms with Gasteiger partial charge in [0.25, 0.3) is 0 Å². The molecule has 2 fully saturated rings. The van der Waals surface area contributed by atoms with Gasteiger partial charge in [0.15, 0.2) is 9.84 Å². The SMILES string of the molecule is O=C(CN1CCN(c2ccccn2)CC1)N[C@@H]1CS(=O)(=O)C[C@@H]1Cl. The minimum atomic E-state index is -3.14. The Labute approximate surface area is 146 Å². The van der Waals surface area contributed by atoms with Crippen molar-refractivity contribution in [2.45, 2.75) is 11.4 Å². The summed E-state index contributed by atoms with van der Waals surface area (Å²) in [6.45, 7) is 3.39. The molecule has 1 amide bonds. The first-order valence-corrected chi connectivity index (χ1v) is 10.2. The van der Waals surface area contributed by atoms with Crippen LogP contribution in [0.1, 0.15) is 0 Å². The van der Waals surface area contributed by atoms with E-state index >= 15 is 0 Å². The second-order valence-electron chi connectivity index (χ2n) is 6.22. The summed E-state index contributed by atoms with van der Waals surface area (Å²) < 4.78 is 23.1. The van der Waals surface area contributed by atoms with Gasteiger partial charge < -0.3 is 10.2 Å². The van der Waals surface area contributed by atoms with Gasteiger partial charge in [0.05, 0.1) is 29.5 Å². The van der Waals surface area contributed by atoms with Crippen molar-refractivity contribution in [2.24, 2.45) is 0 Å². The Bertz CT molecular complexity index is 677. The minimum Gasteiger partial charge on any atom is -0.354 e. The quantitative estimate of drug-likeness (QED) is 0.732. The van der Waals surface area contributed by atoms with E-state index in [1.165, 1.54) is 0 Å². The first-order valence-electron chi connectivity index (χ1n) is 7.95. The van der Waals surface area contributed by atoms with Crippen molar-refractivity contribution in [1.29, 1.82) is 0 Å². The van der Waals surface area contributed by atoms with Crippen LogP contribution in [-0.2, 0) is 14.6 Å². The van der Waals surface area contributed by atoms with Crippen molar-refractivity contribution in [1.82, 2.24) is 15.2 Å². The fraction of sp³-hybridized carbons (Fsp3) is 0.600. The van der Waals surface area contributed by atoms with E-state index in [0.29, 0.717) is 0 Å². The normalized spacial score (nSPS) is 27.1. The number of sulfone groups is 1. The molecule has 24 heavy (non-hydrogen) atoms. The van der Waals surface area contributed by atoms with Crippen molar-refractivity contribution in [3.63, 3.8) is 0 Å². The number of halogens is 1. The molecule has 2 aliphatic heterocycles. The van der Waals surface area contributed by atoms with Gasteiger partial charge in [-0.05, 0) is 12.1 Å². The van der Waals surface area contributed by atoms with Crippen molar-refractivity contribution in [3.05, 3.63) is 24.4 Å². The Balaban J connectivity index is 1.45. The lowest BCUT2D eigenvalue weighted by Gasteiger charge is -2.35. The predicted molar refractivity (Wildman–Crippen MR) is 93.1 cm³/mol. The summed E-state index contributed by atoms with van der Waals surface area (Å²) in [7, 11) is -3.14. The van der Waals surface area contributed by atoms with Crippen LogP contribution in [0.3, 0.4) is 0 Å². The zero-order valence-electron chi connectivity index (χ0n) is 13.3. The molecular formula is C15H21ClN4O3S. The van der Waals surface area contributed by atoms with E-state index in [9.17, 15) is 13.2 Å². The van der Waals surface area contributed by atoms with Crippen molar-refractivity contribution >= 4 is 33.2 Å². The number of piperazine rings is 1. The van der Waals surface area contributed by atoms with Gasteiger partial charge in [0.2, 0.25) is 5.91 Å². The van der Waals surface area contributed by atoms with Crippen LogP contribution in [0.5, 0.6) is 0 Å². The van der Waals surface area contributed by atoms with Crippen LogP contribution < -0.4 is 10.2 Å². The first kappa shape index (κ1) is 17.4. The molecule has 0 radical (unpaired) electrons. The molecule has 9 heteroatoms. The number of hydrogen-bond donors (Lipinski definition) is 1. The van der Waals surface area contributed by atoms with Crippen LogP contribution in [-0.4, -0.2) is 79.9 Å². The summed E-state index contributed by atoms with van der Waals surface area (Å²) in [5.41, 5.74) is 0. The van der Waals surface area contributed by atoms with Crippen molar-refractivity contribution in [3.8, 4) is 0 Å². The van der Waals surface area contributed by atoms with E-state index < -0.39 is 21.3 Å². The molecule has 1 aromatic heterocycles. The lowest BCUT2D eigenvalue weighted by molar-refractivity contribution is -0.122. The molecule has 0 spiro atoms. The van der Waals surface area contributed by atoms with Gasteiger partial charge in [-0.1, -0.05) is 6.07 Å². The molecule has 2 atom stereocenters. The Kier molecular flexibility index (Phi) is 5.27. The van der Waals surface area contributed by atoms with Gasteiger partial charge in [-0.2, -0.15) is 0 Å². The third-order valence-corrected chi connectivity index (χ3v) is 6.72. The smallest absolute Gasteiger partial charge is 0.234 e. The van der Waals surface area contributed by atoms with E-state index in [-0.39, 0.29) is 24.0 Å². The van der Waals surface area contributed by atoms with Crippen LogP contribution in [0, 0.1) is 0 Å². The molecule has 3 rings (SSSR count). The Morgan fingerprint density at radius 2 is 2.00 bits per heavy atom. The number of amides is 1. The molecule has 1 aromatic rings. The number of carbonyl (C=O) groups excluding carboxylic acids is 1. The standard InChI is InChI=1S/C15H21ClN4O3S/c16-12-10-24(22,23)11-13(12)18-15(21)9-19-5-7-20(8-6-19)14-3-1-2-4-17-14/h1-4,12-13H,5-11H2,(H,18,21)/t12-,13+/m0/s1. The molecule has 1 N–H and O–H groups in total. The largest absolute Gasteiger partial charge is 0.354 e. The number of aromatic nitrogens is 1. The van der Waals surface area contributed by atoms with Gasteiger partial charge in [0, 0.05) is 32.4 Å². The molecule has 0 aliphatic carbocycles. The van der Waals surface area contributed by atoms with Crippen LogP contribution >= 0.6 is 11.6 Å². The number of carbonyl (C=O) groups is 1. The van der Waals surface area contributed by atoms with Crippen molar-refractivity contribution < 1.29 is 13.2 Å². The van der Waals surface area contributed by atoms with Gasteiger partial charge in [-0.25, -0.2) is 13.4 Å². The second kappa shape index (κ2) is 7.25. The van der Waals surface area contributed by atoms with E-state index in [2.05, 4.69) is 20.1 Å². The fourth-order valence-electron chi connectivity index (χ4n) is 3.07. The Morgan fingerprint density at radius 1 is 1.25 bits per heavy atom. The topological polar surface area (TPSA) is 82.6 Å². The van der Waals surface area contributed by atoms with E-state index in [4.69, 9.17) is 11.6 Å². The summed E-state index contributed by atoms with van der Waals surface area (Å²) in [6, 6.07) is 5.33. The van der Waals surface area contributed by atoms with Gasteiger partial charge >= 0.3 is 0 Å².